The van der Waals surface area contributed by atoms with Crippen molar-refractivity contribution in [2.75, 3.05) is 46.4 Å². The fraction of sp³-hybridized carbons (Fsp3) is 0.619. The summed E-state index contributed by atoms with van der Waals surface area (Å²) in [4.78, 5) is 29.1. The minimum atomic E-state index is -0.0660. The van der Waals surface area contributed by atoms with E-state index < -0.39 is 0 Å². The van der Waals surface area contributed by atoms with E-state index in [2.05, 4.69) is 10.2 Å². The third kappa shape index (κ3) is 5.45. The highest BCUT2D eigenvalue weighted by molar-refractivity contribution is 5.94. The van der Waals surface area contributed by atoms with E-state index in [1.165, 1.54) is 19.3 Å². The van der Waals surface area contributed by atoms with Crippen molar-refractivity contribution in [3.63, 3.8) is 0 Å². The molecule has 1 N–H and O–H groups in total. The Morgan fingerprint density at radius 2 is 1.70 bits per heavy atom. The lowest BCUT2D eigenvalue weighted by Gasteiger charge is -2.37. The largest absolute Gasteiger partial charge is 0.497 e. The highest BCUT2D eigenvalue weighted by Crippen LogP contribution is 2.25. The van der Waals surface area contributed by atoms with Gasteiger partial charge in [-0.25, -0.2) is 0 Å². The van der Waals surface area contributed by atoms with Crippen molar-refractivity contribution in [3.05, 3.63) is 29.8 Å². The van der Waals surface area contributed by atoms with Crippen molar-refractivity contribution >= 4 is 11.8 Å². The lowest BCUT2D eigenvalue weighted by atomic mass is 9.88. The zero-order valence-corrected chi connectivity index (χ0v) is 16.3. The van der Waals surface area contributed by atoms with Crippen molar-refractivity contribution in [3.8, 4) is 5.75 Å². The number of amides is 2. The first kappa shape index (κ1) is 19.7. The molecule has 2 aliphatic rings. The lowest BCUT2D eigenvalue weighted by molar-refractivity contribution is -0.138. The standard InChI is InChI=1S/C21H31N3O3/c1-27-19-9-7-17(8-10-19)20(25)22-11-12-23-13-15-24(16-14-23)21(26)18-5-3-2-4-6-18/h7-10,18H,2-6,11-16H2,1H3,(H,22,25). The summed E-state index contributed by atoms with van der Waals surface area (Å²) in [6, 6.07) is 7.11. The number of ether oxygens (including phenoxy) is 1. The topological polar surface area (TPSA) is 61.9 Å². The number of rotatable bonds is 6. The number of carbonyl (C=O) groups excluding carboxylic acids is 2. The molecular formula is C21H31N3O3. The number of hydrogen-bond donors (Lipinski definition) is 1. The summed E-state index contributed by atoms with van der Waals surface area (Å²) >= 11 is 0. The maximum Gasteiger partial charge on any atom is 0.251 e. The predicted octanol–water partition coefficient (Wildman–Crippen LogP) is 2.15. The van der Waals surface area contributed by atoms with Gasteiger partial charge in [0, 0.05) is 50.7 Å². The molecular weight excluding hydrogens is 342 g/mol. The second-order valence-corrected chi connectivity index (χ2v) is 7.49. The molecule has 0 radical (unpaired) electrons. The maximum absolute atomic E-state index is 12.6. The van der Waals surface area contributed by atoms with Crippen LogP contribution < -0.4 is 10.1 Å². The van der Waals surface area contributed by atoms with Gasteiger partial charge in [0.25, 0.3) is 5.91 Å². The minimum absolute atomic E-state index is 0.0660. The Bertz CT molecular complexity index is 618. The van der Waals surface area contributed by atoms with Crippen LogP contribution in [0.5, 0.6) is 5.75 Å². The third-order valence-corrected chi connectivity index (χ3v) is 5.70. The van der Waals surface area contributed by atoms with Crippen LogP contribution in [0.25, 0.3) is 0 Å². The molecule has 6 nitrogen and oxygen atoms in total. The first-order chi connectivity index (χ1) is 13.2. The average Bonchev–Trinajstić information content (AvgIpc) is 2.74. The number of hydrogen-bond acceptors (Lipinski definition) is 4. The molecule has 0 bridgehead atoms. The molecule has 1 saturated carbocycles. The van der Waals surface area contributed by atoms with Gasteiger partial charge in [-0.05, 0) is 37.1 Å². The van der Waals surface area contributed by atoms with Crippen LogP contribution in [-0.2, 0) is 4.79 Å². The van der Waals surface area contributed by atoms with E-state index in [9.17, 15) is 9.59 Å². The van der Waals surface area contributed by atoms with Gasteiger partial charge >= 0.3 is 0 Å². The van der Waals surface area contributed by atoms with E-state index >= 15 is 0 Å². The zero-order valence-electron chi connectivity index (χ0n) is 16.3. The number of benzene rings is 1. The summed E-state index contributed by atoms with van der Waals surface area (Å²) in [6.07, 6.45) is 5.81. The van der Waals surface area contributed by atoms with Gasteiger partial charge < -0.3 is 15.0 Å². The molecule has 2 fully saturated rings. The molecule has 3 rings (SSSR count). The average molecular weight is 373 g/mol. The maximum atomic E-state index is 12.6. The van der Waals surface area contributed by atoms with Crippen LogP contribution >= 0.6 is 0 Å². The van der Waals surface area contributed by atoms with Gasteiger partial charge in [-0.15, -0.1) is 0 Å². The SMILES string of the molecule is COc1ccc(C(=O)NCCN2CCN(C(=O)C3CCCCC3)CC2)cc1. The smallest absolute Gasteiger partial charge is 0.251 e. The zero-order chi connectivity index (χ0) is 19.1. The Morgan fingerprint density at radius 3 is 2.33 bits per heavy atom. The fourth-order valence-electron chi connectivity index (χ4n) is 3.97. The number of carbonyl (C=O) groups is 2. The van der Waals surface area contributed by atoms with E-state index in [-0.39, 0.29) is 11.8 Å². The third-order valence-electron chi connectivity index (χ3n) is 5.70. The van der Waals surface area contributed by atoms with Crippen LogP contribution in [0.3, 0.4) is 0 Å². The molecule has 148 valence electrons. The monoisotopic (exact) mass is 373 g/mol. The van der Waals surface area contributed by atoms with Crippen LogP contribution in [0.15, 0.2) is 24.3 Å². The van der Waals surface area contributed by atoms with E-state index in [4.69, 9.17) is 4.74 Å². The van der Waals surface area contributed by atoms with Gasteiger partial charge in [0.1, 0.15) is 5.75 Å². The number of methoxy groups -OCH3 is 1. The lowest BCUT2D eigenvalue weighted by Crippen LogP contribution is -2.51. The highest BCUT2D eigenvalue weighted by atomic mass is 16.5. The van der Waals surface area contributed by atoms with Gasteiger partial charge in [-0.3, -0.25) is 14.5 Å². The second kappa shape index (κ2) is 9.74. The van der Waals surface area contributed by atoms with Crippen LogP contribution in [0.1, 0.15) is 42.5 Å². The van der Waals surface area contributed by atoms with Gasteiger partial charge in [0.15, 0.2) is 0 Å². The van der Waals surface area contributed by atoms with E-state index in [0.29, 0.717) is 18.0 Å². The van der Waals surface area contributed by atoms with Gasteiger partial charge in [-0.2, -0.15) is 0 Å². The van der Waals surface area contributed by atoms with Crippen molar-refractivity contribution < 1.29 is 14.3 Å². The summed E-state index contributed by atoms with van der Waals surface area (Å²) in [5, 5.41) is 2.97. The molecule has 1 aromatic carbocycles. The summed E-state index contributed by atoms with van der Waals surface area (Å²) in [5.41, 5.74) is 0.638. The molecule has 2 amide bonds. The molecule has 0 atom stereocenters. The quantitative estimate of drug-likeness (QED) is 0.830. The van der Waals surface area contributed by atoms with E-state index in [1.807, 2.05) is 4.90 Å². The molecule has 0 aromatic heterocycles. The van der Waals surface area contributed by atoms with Gasteiger partial charge in [0.2, 0.25) is 5.91 Å². The molecule has 1 aliphatic carbocycles. The second-order valence-electron chi connectivity index (χ2n) is 7.49. The van der Waals surface area contributed by atoms with Crippen LogP contribution in [0, 0.1) is 5.92 Å². The number of piperazine rings is 1. The molecule has 0 unspecified atom stereocenters. The van der Waals surface area contributed by atoms with Crippen LogP contribution in [0.4, 0.5) is 0 Å². The number of nitrogens with zero attached hydrogens (tertiary/aromatic N) is 2. The Balaban J connectivity index is 1.35. The van der Waals surface area contributed by atoms with Gasteiger partial charge in [0.05, 0.1) is 7.11 Å². The first-order valence-corrected chi connectivity index (χ1v) is 10.1. The Hall–Kier alpha value is -2.08. The molecule has 27 heavy (non-hydrogen) atoms. The predicted molar refractivity (Wildman–Crippen MR) is 105 cm³/mol. The Labute approximate surface area is 161 Å². The molecule has 1 saturated heterocycles. The number of nitrogens with one attached hydrogen (secondary N) is 1. The van der Waals surface area contributed by atoms with Gasteiger partial charge in [-0.1, -0.05) is 19.3 Å². The Morgan fingerprint density at radius 1 is 1.04 bits per heavy atom. The van der Waals surface area contributed by atoms with Crippen molar-refractivity contribution in [1.82, 2.24) is 15.1 Å². The summed E-state index contributed by atoms with van der Waals surface area (Å²) in [7, 11) is 1.61. The van der Waals surface area contributed by atoms with E-state index in [0.717, 1.165) is 51.3 Å². The van der Waals surface area contributed by atoms with Crippen LogP contribution in [-0.4, -0.2) is 68.0 Å². The van der Waals surface area contributed by atoms with Crippen molar-refractivity contribution in [2.45, 2.75) is 32.1 Å². The van der Waals surface area contributed by atoms with Crippen molar-refractivity contribution in [1.29, 1.82) is 0 Å². The molecule has 1 aliphatic heterocycles. The minimum Gasteiger partial charge on any atom is -0.497 e. The van der Waals surface area contributed by atoms with Crippen LogP contribution in [0.2, 0.25) is 0 Å². The Kier molecular flexibility index (Phi) is 7.10. The summed E-state index contributed by atoms with van der Waals surface area (Å²) in [6.45, 7) is 4.81. The highest BCUT2D eigenvalue weighted by Gasteiger charge is 2.28. The van der Waals surface area contributed by atoms with Crippen molar-refractivity contribution in [2.24, 2.45) is 5.92 Å². The molecule has 1 heterocycles. The normalized spacial score (nSPS) is 18.9. The first-order valence-electron chi connectivity index (χ1n) is 10.1. The molecule has 6 heteroatoms. The fourth-order valence-corrected chi connectivity index (χ4v) is 3.97. The summed E-state index contributed by atoms with van der Waals surface area (Å²) < 4.78 is 5.11. The molecule has 1 aromatic rings. The van der Waals surface area contributed by atoms with E-state index in [1.54, 1.807) is 31.4 Å². The molecule has 0 spiro atoms. The summed E-state index contributed by atoms with van der Waals surface area (Å²) in [5.74, 6) is 1.30.